The molecule has 0 amide bonds. The van der Waals surface area contributed by atoms with Crippen LogP contribution in [0.25, 0.3) is 0 Å². The minimum Gasteiger partial charge on any atom is -1.00 e. The van der Waals surface area contributed by atoms with Gasteiger partial charge < -0.3 is 52.6 Å². The van der Waals surface area contributed by atoms with Gasteiger partial charge >= 0.3 is 44.8 Å². The van der Waals surface area contributed by atoms with Crippen molar-refractivity contribution in [2.45, 2.75) is 0 Å². The molecule has 12 heavy (non-hydrogen) atoms. The van der Waals surface area contributed by atoms with Crippen molar-refractivity contribution in [1.82, 2.24) is 0 Å². The Morgan fingerprint density at radius 2 is 0.250 bits per heavy atom. The summed E-state index contributed by atoms with van der Waals surface area (Å²) in [7, 11) is 0. The average Bonchev–Trinajstić information content (AvgIpc) is 2.20. The smallest absolute Gasteiger partial charge is 1.00 e. The van der Waals surface area contributed by atoms with E-state index in [9.17, 15) is 0 Å². The van der Waals surface area contributed by atoms with Crippen molar-refractivity contribution in [1.29, 1.82) is 0 Å². The predicted octanol–water partition coefficient (Wildman–Crippen LogP) is -11.9. The van der Waals surface area contributed by atoms with E-state index < -0.39 is 0 Å². The van der Waals surface area contributed by atoms with E-state index in [1.165, 1.54) is 0 Å². The Labute approximate surface area is 97.3 Å². The fraction of sp³-hybridized carbons (Fsp3) is 0. The van der Waals surface area contributed by atoms with E-state index in [2.05, 4.69) is 0 Å². The second-order valence-corrected chi connectivity index (χ2v) is 0. The van der Waals surface area contributed by atoms with Crippen molar-refractivity contribution in [3.05, 3.63) is 0 Å². The molecule has 0 saturated heterocycles. The molecule has 0 unspecified atom stereocenters. The van der Waals surface area contributed by atoms with Crippen molar-refractivity contribution >= 4 is 0 Å². The first-order valence-corrected chi connectivity index (χ1v) is 0.833. The molecular formula is O10Ta2. The van der Waals surface area contributed by atoms with Crippen LogP contribution in [0, 0.1) is 0 Å². The van der Waals surface area contributed by atoms with Crippen molar-refractivity contribution < 1.29 is 97.3 Å². The van der Waals surface area contributed by atoms with Gasteiger partial charge in [0, 0.05) is 0 Å². The largest absolute Gasteiger partial charge is 5.00 e. The second kappa shape index (κ2) is 1270. The monoisotopic (exact) mass is 522 g/mol. The quantitative estimate of drug-likeness (QED) is 0.215. The van der Waals surface area contributed by atoms with Crippen molar-refractivity contribution in [3.63, 3.8) is 0 Å². The molecule has 0 N–H and O–H groups in total. The van der Waals surface area contributed by atoms with E-state index in [0.29, 0.717) is 0 Å². The Morgan fingerprint density at radius 1 is 0.250 bits per heavy atom. The Kier molecular flexibility index (Phi) is 5470. The molecule has 0 aromatic rings. The van der Waals surface area contributed by atoms with Crippen LogP contribution >= 0.6 is 0 Å². The van der Waals surface area contributed by atoms with Gasteiger partial charge in [-0.2, -0.15) is 0 Å². The molecule has 0 aromatic carbocycles. The van der Waals surface area contributed by atoms with Crippen molar-refractivity contribution in [2.75, 3.05) is 0 Å². The van der Waals surface area contributed by atoms with Crippen molar-refractivity contribution in [2.24, 2.45) is 0 Å². The Hall–Kier alpha value is 1.08. The molecule has 70 valence electrons. The molecule has 0 radical (unpaired) electrons. The SMILES string of the molecule is [O-][O-].[O-][O-].[O-][O-].[O-][O-].[O-][O-].[Ta+5].[Ta+5]. The van der Waals surface area contributed by atoms with Gasteiger partial charge in [0.25, 0.3) is 0 Å². The fourth-order valence-corrected chi connectivity index (χ4v) is 0. The van der Waals surface area contributed by atoms with Gasteiger partial charge in [-0.1, -0.05) is 0 Å². The van der Waals surface area contributed by atoms with Crippen LogP contribution < -0.4 is 52.6 Å². The Bertz CT molecular complexity index is 7.80. The summed E-state index contributed by atoms with van der Waals surface area (Å²) in [6.45, 7) is 0. The summed E-state index contributed by atoms with van der Waals surface area (Å²) in [4.78, 5) is 0. The van der Waals surface area contributed by atoms with Gasteiger partial charge in [-0.3, -0.25) is 0 Å². The van der Waals surface area contributed by atoms with Crippen LogP contribution in [0.3, 0.4) is 0 Å². The van der Waals surface area contributed by atoms with Gasteiger partial charge in [-0.15, -0.1) is 0 Å². The third-order valence-electron chi connectivity index (χ3n) is 0. The zero-order valence-electron chi connectivity index (χ0n) is 4.98. The van der Waals surface area contributed by atoms with Gasteiger partial charge in [-0.05, 0) is 0 Å². The van der Waals surface area contributed by atoms with E-state index in [4.69, 9.17) is 52.6 Å². The molecule has 10 nitrogen and oxygen atoms in total. The zero-order valence-corrected chi connectivity index (χ0v) is 11.4. The molecule has 12 heteroatoms. The van der Waals surface area contributed by atoms with Crippen molar-refractivity contribution in [3.8, 4) is 0 Å². The molecule has 0 saturated carbocycles. The average molecular weight is 522 g/mol. The van der Waals surface area contributed by atoms with E-state index in [1.807, 2.05) is 0 Å². The van der Waals surface area contributed by atoms with E-state index in [1.54, 1.807) is 0 Å². The van der Waals surface area contributed by atoms with Crippen LogP contribution in [0.2, 0.25) is 0 Å². The van der Waals surface area contributed by atoms with Crippen LogP contribution in [0.15, 0.2) is 0 Å². The Balaban J connectivity index is -0.00000000500. The van der Waals surface area contributed by atoms with Gasteiger partial charge in [0.1, 0.15) is 0 Å². The summed E-state index contributed by atoms with van der Waals surface area (Å²) in [6.07, 6.45) is 0. The van der Waals surface area contributed by atoms with Crippen LogP contribution in [0.5, 0.6) is 0 Å². The number of hydrogen-bond donors (Lipinski definition) is 0. The minimum absolute atomic E-state index is 0. The molecule has 0 bridgehead atoms. The maximum absolute atomic E-state index is 7.00. The molecule has 0 aliphatic carbocycles. The standard InChI is InChI=1S/5O2.2Ta/c5*1-2;;/q5*-2;2*+5. The zero-order chi connectivity index (χ0) is 10.0. The predicted molar refractivity (Wildman–Crippen MR) is 0 cm³/mol. The summed E-state index contributed by atoms with van der Waals surface area (Å²) < 4.78 is 0. The second-order valence-electron chi connectivity index (χ2n) is 0. The minimum atomic E-state index is 0. The molecular weight excluding hydrogens is 522 g/mol. The molecule has 0 rings (SSSR count). The summed E-state index contributed by atoms with van der Waals surface area (Å²) in [5.41, 5.74) is 0. The first-order valence-electron chi connectivity index (χ1n) is 0.833. The van der Waals surface area contributed by atoms with Gasteiger partial charge in [0.15, 0.2) is 0 Å². The molecule has 0 aliphatic heterocycles. The summed E-state index contributed by atoms with van der Waals surface area (Å²) in [5, 5.41) is 70.0. The molecule has 0 atom stereocenters. The van der Waals surface area contributed by atoms with E-state index >= 15 is 0 Å². The van der Waals surface area contributed by atoms with Gasteiger partial charge in [-0.25, -0.2) is 0 Å². The molecule has 0 fully saturated rings. The van der Waals surface area contributed by atoms with Crippen LogP contribution in [0.4, 0.5) is 0 Å². The van der Waals surface area contributed by atoms with Crippen LogP contribution in [-0.4, -0.2) is 0 Å². The fourth-order valence-electron chi connectivity index (χ4n) is 0. The first kappa shape index (κ1) is 51.6. The topological polar surface area (TPSA) is 231 Å². The summed E-state index contributed by atoms with van der Waals surface area (Å²) in [6, 6.07) is 0. The molecule has 0 spiro atoms. The van der Waals surface area contributed by atoms with E-state index in [-0.39, 0.29) is 44.8 Å². The maximum atomic E-state index is 7.00. The molecule has 0 aromatic heterocycles. The van der Waals surface area contributed by atoms with Gasteiger partial charge in [0.05, 0.1) is 0 Å². The normalized spacial score (nSPS) is 2.50. The summed E-state index contributed by atoms with van der Waals surface area (Å²) in [5.74, 6) is 0. The van der Waals surface area contributed by atoms with Crippen LogP contribution in [-0.2, 0) is 44.8 Å². The maximum Gasteiger partial charge on any atom is 5.00 e. The third-order valence-corrected chi connectivity index (χ3v) is 0. The van der Waals surface area contributed by atoms with Gasteiger partial charge in [0.2, 0.25) is 0 Å². The summed E-state index contributed by atoms with van der Waals surface area (Å²) >= 11 is 0. The van der Waals surface area contributed by atoms with Crippen LogP contribution in [0.1, 0.15) is 0 Å². The first-order chi connectivity index (χ1) is 5.00. The third kappa shape index (κ3) is 964. The Morgan fingerprint density at radius 3 is 0.250 bits per heavy atom. The molecule has 0 aliphatic rings. The number of hydrogen-bond acceptors (Lipinski definition) is 10. The van der Waals surface area contributed by atoms with E-state index in [0.717, 1.165) is 0 Å². The number of rotatable bonds is 0. The molecule has 0 heterocycles.